The average Bonchev–Trinajstić information content (AvgIpc) is 2.62. The maximum absolute atomic E-state index is 13.4. The van der Waals surface area contributed by atoms with Crippen molar-refractivity contribution in [2.24, 2.45) is 0 Å². The van der Waals surface area contributed by atoms with Gasteiger partial charge in [-0.3, -0.25) is 0 Å². The van der Waals surface area contributed by atoms with Crippen LogP contribution < -0.4 is 0 Å². The first-order valence-electron chi connectivity index (χ1n) is 4.53. The van der Waals surface area contributed by atoms with Crippen LogP contribution in [0.2, 0.25) is 10.0 Å². The summed E-state index contributed by atoms with van der Waals surface area (Å²) in [6.45, 7) is 0. The van der Waals surface area contributed by atoms with Gasteiger partial charge < -0.3 is 0 Å². The number of benzene rings is 1. The Morgan fingerprint density at radius 2 is 2.00 bits per heavy atom. The Morgan fingerprint density at radius 3 is 2.59 bits per heavy atom. The number of hydrogen-bond donors (Lipinski definition) is 0. The molecule has 0 bridgehead atoms. The second-order valence-electron chi connectivity index (χ2n) is 3.28. The summed E-state index contributed by atoms with van der Waals surface area (Å²) >= 11 is 20.3. The molecule has 0 nitrogen and oxygen atoms in total. The van der Waals surface area contributed by atoms with Gasteiger partial charge in [-0.25, -0.2) is 4.39 Å². The third kappa shape index (κ3) is 2.87. The summed E-state index contributed by atoms with van der Waals surface area (Å²) in [6, 6.07) is 6.58. The van der Waals surface area contributed by atoms with E-state index in [9.17, 15) is 4.39 Å². The van der Waals surface area contributed by atoms with Gasteiger partial charge in [0.25, 0.3) is 0 Å². The van der Waals surface area contributed by atoms with Crippen molar-refractivity contribution in [3.8, 4) is 0 Å². The molecule has 0 aliphatic heterocycles. The van der Waals surface area contributed by atoms with Gasteiger partial charge in [-0.2, -0.15) is 0 Å². The van der Waals surface area contributed by atoms with Crippen molar-refractivity contribution >= 4 is 66.4 Å². The molecule has 0 spiro atoms. The van der Waals surface area contributed by atoms with Gasteiger partial charge in [-0.1, -0.05) is 51.3 Å². The Balaban J connectivity index is 2.43. The lowest BCUT2D eigenvalue weighted by Gasteiger charge is -2.10. The van der Waals surface area contributed by atoms with E-state index in [-0.39, 0.29) is 9.85 Å². The molecule has 6 heteroatoms. The van der Waals surface area contributed by atoms with Gasteiger partial charge >= 0.3 is 0 Å². The van der Waals surface area contributed by atoms with Crippen LogP contribution in [0.3, 0.4) is 0 Å². The minimum atomic E-state index is -0.421. The highest BCUT2D eigenvalue weighted by atomic mass is 79.9. The van der Waals surface area contributed by atoms with E-state index in [1.807, 2.05) is 6.07 Å². The highest BCUT2D eigenvalue weighted by Crippen LogP contribution is 2.43. The number of alkyl halides is 1. The van der Waals surface area contributed by atoms with Crippen LogP contribution in [0, 0.1) is 5.82 Å². The lowest BCUT2D eigenvalue weighted by Crippen LogP contribution is -1.92. The molecule has 0 amide bonds. The molecule has 0 saturated heterocycles. The van der Waals surface area contributed by atoms with Crippen LogP contribution in [-0.4, -0.2) is 0 Å². The van der Waals surface area contributed by atoms with Crippen molar-refractivity contribution in [1.29, 1.82) is 0 Å². The third-order valence-corrected chi connectivity index (χ3v) is 6.40. The molecule has 2 rings (SSSR count). The van der Waals surface area contributed by atoms with E-state index in [1.165, 1.54) is 17.4 Å². The zero-order valence-electron chi connectivity index (χ0n) is 8.18. The van der Waals surface area contributed by atoms with E-state index < -0.39 is 5.82 Å². The molecule has 2 aromatic rings. The SMILES string of the molecule is Fc1cccc(C(Br)c2cc(Cl)c(Br)s2)c1Cl. The molecule has 0 saturated carbocycles. The normalized spacial score (nSPS) is 12.8. The van der Waals surface area contributed by atoms with Crippen molar-refractivity contribution < 1.29 is 4.39 Å². The van der Waals surface area contributed by atoms with Crippen LogP contribution in [0.15, 0.2) is 28.1 Å². The largest absolute Gasteiger partial charge is 0.205 e. The molecule has 0 fully saturated rings. The first-order valence-corrected chi connectivity index (χ1v) is 7.81. The number of thiophene rings is 1. The van der Waals surface area contributed by atoms with E-state index in [0.29, 0.717) is 10.6 Å². The Hall–Kier alpha value is 0.390. The van der Waals surface area contributed by atoms with Gasteiger partial charge in [-0.15, -0.1) is 11.3 Å². The van der Waals surface area contributed by atoms with Crippen molar-refractivity contribution in [2.75, 3.05) is 0 Å². The van der Waals surface area contributed by atoms with Crippen LogP contribution >= 0.6 is 66.4 Å². The number of rotatable bonds is 2. The molecule has 1 atom stereocenters. The topological polar surface area (TPSA) is 0 Å². The summed E-state index contributed by atoms with van der Waals surface area (Å²) in [5.41, 5.74) is 0.692. The van der Waals surface area contributed by atoms with E-state index in [2.05, 4.69) is 31.9 Å². The zero-order valence-corrected chi connectivity index (χ0v) is 13.7. The Kier molecular flexibility index (Phi) is 4.53. The quantitative estimate of drug-likeness (QED) is 0.492. The fourth-order valence-corrected chi connectivity index (χ4v) is 4.26. The second kappa shape index (κ2) is 5.57. The lowest BCUT2D eigenvalue weighted by atomic mass is 10.1. The summed E-state index contributed by atoms with van der Waals surface area (Å²) in [6.07, 6.45) is 0. The molecule has 17 heavy (non-hydrogen) atoms. The van der Waals surface area contributed by atoms with Crippen LogP contribution in [0.5, 0.6) is 0 Å². The molecule has 0 aliphatic carbocycles. The molecule has 1 unspecified atom stereocenters. The summed E-state index contributed by atoms with van der Waals surface area (Å²) in [5.74, 6) is -0.421. The molecular weight excluding hydrogens is 414 g/mol. The smallest absolute Gasteiger partial charge is 0.142 e. The third-order valence-electron chi connectivity index (χ3n) is 2.17. The maximum Gasteiger partial charge on any atom is 0.142 e. The van der Waals surface area contributed by atoms with E-state index >= 15 is 0 Å². The minimum absolute atomic E-state index is 0.134. The highest BCUT2D eigenvalue weighted by molar-refractivity contribution is 9.11. The fraction of sp³-hybridized carbons (Fsp3) is 0.0909. The number of hydrogen-bond acceptors (Lipinski definition) is 1. The molecule has 0 N–H and O–H groups in total. The first kappa shape index (κ1) is 13.8. The average molecular weight is 419 g/mol. The lowest BCUT2D eigenvalue weighted by molar-refractivity contribution is 0.626. The molecule has 1 heterocycles. The summed E-state index contributed by atoms with van der Waals surface area (Å²) < 4.78 is 14.2. The van der Waals surface area contributed by atoms with Gasteiger partial charge in [0.15, 0.2) is 0 Å². The van der Waals surface area contributed by atoms with Crippen molar-refractivity contribution in [3.05, 3.63) is 54.4 Å². The molecular formula is C11H5Br2Cl2FS. The first-order chi connectivity index (χ1) is 8.00. The standard InChI is InChI=1S/C11H5Br2Cl2FS/c12-9(8-4-6(14)11(13)17-8)5-2-1-3-7(16)10(5)15/h1-4,9H. The van der Waals surface area contributed by atoms with E-state index in [4.69, 9.17) is 23.2 Å². The fourth-order valence-electron chi connectivity index (χ4n) is 1.36. The van der Waals surface area contributed by atoms with Gasteiger partial charge in [-0.05, 0) is 33.6 Å². The van der Waals surface area contributed by atoms with Crippen LogP contribution in [0.25, 0.3) is 0 Å². The Bertz CT molecular complexity index is 537. The number of halogens is 5. The molecule has 1 aromatic carbocycles. The van der Waals surface area contributed by atoms with Crippen LogP contribution in [0.1, 0.15) is 15.3 Å². The molecule has 0 aliphatic rings. The monoisotopic (exact) mass is 416 g/mol. The predicted octanol–water partition coefficient (Wildman–Crippen LogP) is 6.44. The second-order valence-corrected chi connectivity index (χ2v) is 7.38. The zero-order chi connectivity index (χ0) is 12.6. The van der Waals surface area contributed by atoms with Gasteiger partial charge in [0.2, 0.25) is 0 Å². The predicted molar refractivity (Wildman–Crippen MR) is 79.2 cm³/mol. The summed E-state index contributed by atoms with van der Waals surface area (Å²) in [5, 5.41) is 0.775. The van der Waals surface area contributed by atoms with E-state index in [0.717, 1.165) is 8.66 Å². The van der Waals surface area contributed by atoms with Crippen LogP contribution in [0.4, 0.5) is 4.39 Å². The van der Waals surface area contributed by atoms with Gasteiger partial charge in [0.1, 0.15) is 5.82 Å². The van der Waals surface area contributed by atoms with E-state index in [1.54, 1.807) is 12.1 Å². The molecule has 90 valence electrons. The Morgan fingerprint density at radius 1 is 1.29 bits per heavy atom. The minimum Gasteiger partial charge on any atom is -0.205 e. The van der Waals surface area contributed by atoms with Crippen LogP contribution in [-0.2, 0) is 0 Å². The highest BCUT2D eigenvalue weighted by Gasteiger charge is 2.19. The molecule has 1 aromatic heterocycles. The maximum atomic E-state index is 13.4. The van der Waals surface area contributed by atoms with Gasteiger partial charge in [0, 0.05) is 4.88 Å². The van der Waals surface area contributed by atoms with Gasteiger partial charge in [0.05, 0.1) is 18.7 Å². The summed E-state index contributed by atoms with van der Waals surface area (Å²) in [4.78, 5) is 0.800. The van der Waals surface area contributed by atoms with Crippen molar-refractivity contribution in [1.82, 2.24) is 0 Å². The van der Waals surface area contributed by atoms with Crippen molar-refractivity contribution in [3.63, 3.8) is 0 Å². The molecule has 0 radical (unpaired) electrons. The van der Waals surface area contributed by atoms with Crippen molar-refractivity contribution in [2.45, 2.75) is 4.83 Å². The Labute approximate surface area is 129 Å². The summed E-state index contributed by atoms with van der Waals surface area (Å²) in [7, 11) is 0.